The van der Waals surface area contributed by atoms with Gasteiger partial charge < -0.3 is 10.2 Å². The molecule has 0 saturated heterocycles. The summed E-state index contributed by atoms with van der Waals surface area (Å²) in [7, 11) is 3.35. The van der Waals surface area contributed by atoms with Crippen molar-refractivity contribution in [2.45, 2.75) is 6.54 Å². The van der Waals surface area contributed by atoms with E-state index in [-0.39, 0.29) is 23.9 Å². The molecule has 3 aromatic rings. The molecule has 0 aliphatic heterocycles. The number of hydrogen-bond donors (Lipinski definition) is 1. The standard InChI is InChI=1S/C19H18N4O3/c1-22(2)18(25)13-7-9-14(10-8-13)21-17(24)11-23-12-20-16-6-4-3-5-15(16)19(23)26/h3-10,12H,11H2,1-2H3,(H,21,24). The van der Waals surface area contributed by atoms with Crippen molar-refractivity contribution in [3.05, 3.63) is 70.8 Å². The van der Waals surface area contributed by atoms with E-state index in [9.17, 15) is 14.4 Å². The SMILES string of the molecule is CN(C)C(=O)c1ccc(NC(=O)Cn2cnc3ccccc3c2=O)cc1. The third kappa shape index (κ3) is 3.61. The van der Waals surface area contributed by atoms with Crippen LogP contribution in [-0.4, -0.2) is 40.4 Å². The van der Waals surface area contributed by atoms with Gasteiger partial charge in [-0.3, -0.25) is 19.0 Å². The molecule has 2 aromatic carbocycles. The highest BCUT2D eigenvalue weighted by Crippen LogP contribution is 2.11. The second-order valence-electron chi connectivity index (χ2n) is 6.02. The van der Waals surface area contributed by atoms with E-state index < -0.39 is 0 Å². The number of aromatic nitrogens is 2. The minimum absolute atomic E-state index is 0.114. The number of rotatable bonds is 4. The predicted molar refractivity (Wildman–Crippen MR) is 99.1 cm³/mol. The molecular weight excluding hydrogens is 332 g/mol. The van der Waals surface area contributed by atoms with Gasteiger partial charge in [-0.05, 0) is 36.4 Å². The number of amides is 2. The molecule has 0 fully saturated rings. The Morgan fingerprint density at radius 3 is 2.46 bits per heavy atom. The van der Waals surface area contributed by atoms with Gasteiger partial charge in [0.2, 0.25) is 5.91 Å². The number of para-hydroxylation sites is 1. The summed E-state index contributed by atoms with van der Waals surface area (Å²) in [4.78, 5) is 42.2. The second kappa shape index (κ2) is 7.18. The summed E-state index contributed by atoms with van der Waals surface area (Å²) in [6.45, 7) is -0.144. The van der Waals surface area contributed by atoms with Gasteiger partial charge in [-0.15, -0.1) is 0 Å². The van der Waals surface area contributed by atoms with Crippen molar-refractivity contribution in [3.63, 3.8) is 0 Å². The molecule has 0 atom stereocenters. The highest BCUT2D eigenvalue weighted by Gasteiger charge is 2.10. The summed E-state index contributed by atoms with van der Waals surface area (Å²) in [5, 5.41) is 3.18. The van der Waals surface area contributed by atoms with Crippen LogP contribution >= 0.6 is 0 Å². The molecule has 0 aliphatic carbocycles. The first kappa shape index (κ1) is 17.3. The van der Waals surface area contributed by atoms with E-state index in [1.807, 2.05) is 0 Å². The lowest BCUT2D eigenvalue weighted by Gasteiger charge is -2.11. The normalized spacial score (nSPS) is 10.5. The molecular formula is C19H18N4O3. The van der Waals surface area contributed by atoms with Crippen LogP contribution in [0.15, 0.2) is 59.7 Å². The van der Waals surface area contributed by atoms with Crippen LogP contribution in [0, 0.1) is 0 Å². The van der Waals surface area contributed by atoms with Crippen molar-refractivity contribution in [3.8, 4) is 0 Å². The van der Waals surface area contributed by atoms with Gasteiger partial charge in [-0.1, -0.05) is 12.1 Å². The summed E-state index contributed by atoms with van der Waals surface area (Å²) < 4.78 is 1.27. The number of fused-ring (bicyclic) bond motifs is 1. The molecule has 7 nitrogen and oxygen atoms in total. The first-order valence-corrected chi connectivity index (χ1v) is 8.01. The Morgan fingerprint density at radius 2 is 1.77 bits per heavy atom. The highest BCUT2D eigenvalue weighted by molar-refractivity contribution is 5.95. The summed E-state index contributed by atoms with van der Waals surface area (Å²) in [5.74, 6) is -0.465. The van der Waals surface area contributed by atoms with Gasteiger partial charge in [0.15, 0.2) is 0 Å². The zero-order valence-electron chi connectivity index (χ0n) is 14.5. The van der Waals surface area contributed by atoms with Crippen molar-refractivity contribution in [2.75, 3.05) is 19.4 Å². The summed E-state index contributed by atoms with van der Waals surface area (Å²) in [6.07, 6.45) is 1.36. The quantitative estimate of drug-likeness (QED) is 0.777. The molecule has 132 valence electrons. The van der Waals surface area contributed by atoms with Crippen LogP contribution in [0.3, 0.4) is 0 Å². The van der Waals surface area contributed by atoms with E-state index in [0.717, 1.165) is 0 Å². The van der Waals surface area contributed by atoms with Gasteiger partial charge in [0.05, 0.1) is 17.2 Å². The smallest absolute Gasteiger partial charge is 0.261 e. The van der Waals surface area contributed by atoms with Crippen LogP contribution in [0.25, 0.3) is 10.9 Å². The molecule has 7 heteroatoms. The van der Waals surface area contributed by atoms with Gasteiger partial charge in [-0.2, -0.15) is 0 Å². The summed E-state index contributed by atoms with van der Waals surface area (Å²) >= 11 is 0. The Bertz CT molecular complexity index is 1020. The van der Waals surface area contributed by atoms with Gasteiger partial charge in [0.25, 0.3) is 11.5 Å². The maximum Gasteiger partial charge on any atom is 0.261 e. The molecule has 0 bridgehead atoms. The highest BCUT2D eigenvalue weighted by atomic mass is 16.2. The predicted octanol–water partition coefficient (Wildman–Crippen LogP) is 1.74. The van der Waals surface area contributed by atoms with E-state index in [4.69, 9.17) is 0 Å². The number of anilines is 1. The fraction of sp³-hybridized carbons (Fsp3) is 0.158. The molecule has 0 radical (unpaired) electrons. The molecule has 26 heavy (non-hydrogen) atoms. The minimum Gasteiger partial charge on any atom is -0.345 e. The fourth-order valence-electron chi connectivity index (χ4n) is 2.53. The topological polar surface area (TPSA) is 84.3 Å². The summed E-state index contributed by atoms with van der Waals surface area (Å²) in [5.41, 5.74) is 1.41. The van der Waals surface area contributed by atoms with Crippen molar-refractivity contribution >= 4 is 28.4 Å². The van der Waals surface area contributed by atoms with Gasteiger partial charge in [0, 0.05) is 25.3 Å². The van der Waals surface area contributed by atoms with Crippen LogP contribution < -0.4 is 10.9 Å². The van der Waals surface area contributed by atoms with Crippen LogP contribution in [0.4, 0.5) is 5.69 Å². The van der Waals surface area contributed by atoms with Crippen molar-refractivity contribution < 1.29 is 9.59 Å². The van der Waals surface area contributed by atoms with Crippen molar-refractivity contribution in [2.24, 2.45) is 0 Å². The minimum atomic E-state index is -0.351. The number of nitrogens with one attached hydrogen (secondary N) is 1. The molecule has 0 aliphatic rings. The number of hydrogen-bond acceptors (Lipinski definition) is 4. The first-order valence-electron chi connectivity index (χ1n) is 8.01. The van der Waals surface area contributed by atoms with Crippen LogP contribution in [0.2, 0.25) is 0 Å². The number of carbonyl (C=O) groups is 2. The van der Waals surface area contributed by atoms with Crippen molar-refractivity contribution in [1.82, 2.24) is 14.5 Å². The number of nitrogens with zero attached hydrogens (tertiary/aromatic N) is 3. The monoisotopic (exact) mass is 350 g/mol. The van der Waals surface area contributed by atoms with E-state index in [1.54, 1.807) is 62.6 Å². The fourth-order valence-corrected chi connectivity index (χ4v) is 2.53. The zero-order chi connectivity index (χ0) is 18.7. The van der Waals surface area contributed by atoms with Crippen LogP contribution in [-0.2, 0) is 11.3 Å². The Hall–Kier alpha value is -3.48. The lowest BCUT2D eigenvalue weighted by Crippen LogP contribution is -2.28. The molecule has 1 heterocycles. The van der Waals surface area contributed by atoms with Crippen LogP contribution in [0.1, 0.15) is 10.4 Å². The number of benzene rings is 2. The molecule has 0 unspecified atom stereocenters. The van der Waals surface area contributed by atoms with Gasteiger partial charge in [0.1, 0.15) is 6.54 Å². The Labute approximate surface area is 149 Å². The third-order valence-corrected chi connectivity index (χ3v) is 3.87. The largest absolute Gasteiger partial charge is 0.345 e. The van der Waals surface area contributed by atoms with Crippen LogP contribution in [0.5, 0.6) is 0 Å². The zero-order valence-corrected chi connectivity index (χ0v) is 14.5. The molecule has 1 aromatic heterocycles. The van der Waals surface area contributed by atoms with Crippen molar-refractivity contribution in [1.29, 1.82) is 0 Å². The maximum atomic E-state index is 12.4. The lowest BCUT2D eigenvalue weighted by atomic mass is 10.2. The van der Waals surface area contributed by atoms with E-state index >= 15 is 0 Å². The average Bonchev–Trinajstić information content (AvgIpc) is 2.64. The maximum absolute atomic E-state index is 12.4. The second-order valence-corrected chi connectivity index (χ2v) is 6.02. The van der Waals surface area contributed by atoms with Gasteiger partial charge >= 0.3 is 0 Å². The Kier molecular flexibility index (Phi) is 4.79. The Morgan fingerprint density at radius 1 is 1.08 bits per heavy atom. The number of carbonyl (C=O) groups excluding carboxylic acids is 2. The molecule has 0 saturated carbocycles. The first-order chi connectivity index (χ1) is 12.5. The van der Waals surface area contributed by atoms with Gasteiger partial charge in [-0.25, -0.2) is 4.98 Å². The molecule has 0 spiro atoms. The Balaban J connectivity index is 1.72. The van der Waals surface area contributed by atoms with E-state index in [0.29, 0.717) is 22.2 Å². The van der Waals surface area contributed by atoms with E-state index in [2.05, 4.69) is 10.3 Å². The van der Waals surface area contributed by atoms with E-state index in [1.165, 1.54) is 15.8 Å². The average molecular weight is 350 g/mol. The molecule has 2 amide bonds. The third-order valence-electron chi connectivity index (χ3n) is 3.87. The molecule has 1 N–H and O–H groups in total. The lowest BCUT2D eigenvalue weighted by molar-refractivity contribution is -0.116. The molecule has 3 rings (SSSR count). The summed E-state index contributed by atoms with van der Waals surface area (Å²) in [6, 6.07) is 13.6.